The Hall–Kier alpha value is -1.87. The van der Waals surface area contributed by atoms with Crippen molar-refractivity contribution in [3.63, 3.8) is 0 Å². The molecule has 2 N–H and O–H groups in total. The number of phenolic OH excluding ortho intramolecular Hbond substituents is 1. The van der Waals surface area contributed by atoms with E-state index in [1.807, 2.05) is 0 Å². The first kappa shape index (κ1) is 14.5. The Morgan fingerprint density at radius 1 is 1.25 bits per heavy atom. The van der Waals surface area contributed by atoms with Crippen molar-refractivity contribution in [1.29, 1.82) is 0 Å². The highest BCUT2D eigenvalue weighted by atomic mass is 32.2. The van der Waals surface area contributed by atoms with Crippen molar-refractivity contribution >= 4 is 21.6 Å². The van der Waals surface area contributed by atoms with E-state index >= 15 is 0 Å². The van der Waals surface area contributed by atoms with Gasteiger partial charge in [0.15, 0.2) is 0 Å². The van der Waals surface area contributed by atoms with Gasteiger partial charge in [0.2, 0.25) is 0 Å². The van der Waals surface area contributed by atoms with Crippen molar-refractivity contribution < 1.29 is 18.4 Å². The van der Waals surface area contributed by atoms with Crippen LogP contribution in [-0.4, -0.2) is 35.8 Å². The van der Waals surface area contributed by atoms with Crippen LogP contribution in [0.4, 0.5) is 11.4 Å². The molecule has 0 aliphatic carbocycles. The number of nitrogens with zero attached hydrogens (tertiary/aromatic N) is 2. The SMILES string of the molecule is O=[N+]([O-])c1ccc(O)c(NS(=O)(=O)N2CCCCC2)c1. The van der Waals surface area contributed by atoms with Gasteiger partial charge in [-0.25, -0.2) is 0 Å². The average Bonchev–Trinajstić information content (AvgIpc) is 2.42. The van der Waals surface area contributed by atoms with Gasteiger partial charge in [-0.15, -0.1) is 0 Å². The normalized spacial score (nSPS) is 16.8. The fourth-order valence-corrected chi connectivity index (χ4v) is 3.34. The summed E-state index contributed by atoms with van der Waals surface area (Å²) < 4.78 is 27.7. The maximum Gasteiger partial charge on any atom is 0.301 e. The first-order chi connectivity index (χ1) is 9.40. The number of piperidine rings is 1. The van der Waals surface area contributed by atoms with E-state index in [-0.39, 0.29) is 17.1 Å². The van der Waals surface area contributed by atoms with E-state index in [4.69, 9.17) is 0 Å². The van der Waals surface area contributed by atoms with Crippen LogP contribution in [0.1, 0.15) is 19.3 Å². The fourth-order valence-electron chi connectivity index (χ4n) is 2.03. The number of rotatable bonds is 4. The zero-order valence-corrected chi connectivity index (χ0v) is 11.5. The van der Waals surface area contributed by atoms with Crippen LogP contribution in [0, 0.1) is 10.1 Å². The lowest BCUT2D eigenvalue weighted by molar-refractivity contribution is -0.384. The zero-order valence-electron chi connectivity index (χ0n) is 10.7. The standard InChI is InChI=1S/C11H15N3O5S/c15-11-5-4-9(14(16)17)8-10(11)12-20(18,19)13-6-2-1-3-7-13/h4-5,8,12,15H,1-3,6-7H2. The van der Waals surface area contributed by atoms with Gasteiger partial charge in [0, 0.05) is 25.2 Å². The average molecular weight is 301 g/mol. The number of benzene rings is 1. The number of hydrogen-bond donors (Lipinski definition) is 2. The molecule has 1 heterocycles. The second-order valence-corrected chi connectivity index (χ2v) is 6.20. The maximum atomic E-state index is 12.1. The molecule has 0 atom stereocenters. The molecule has 0 aromatic heterocycles. The molecule has 1 aromatic carbocycles. The Labute approximate surface area is 116 Å². The molecular formula is C11H15N3O5S. The molecule has 0 bridgehead atoms. The number of hydrogen-bond acceptors (Lipinski definition) is 5. The summed E-state index contributed by atoms with van der Waals surface area (Å²) in [6, 6.07) is 3.19. The number of anilines is 1. The summed E-state index contributed by atoms with van der Waals surface area (Å²) in [5.74, 6) is -0.351. The number of phenols is 1. The molecule has 1 saturated heterocycles. The molecule has 2 rings (SSSR count). The summed E-state index contributed by atoms with van der Waals surface area (Å²) in [6.45, 7) is 0.816. The zero-order chi connectivity index (χ0) is 14.8. The van der Waals surface area contributed by atoms with Crippen LogP contribution in [0.25, 0.3) is 0 Å². The molecule has 0 amide bonds. The Bertz CT molecular complexity index is 610. The lowest BCUT2D eigenvalue weighted by Gasteiger charge is -2.26. The Balaban J connectivity index is 2.24. The number of nitro groups is 1. The van der Waals surface area contributed by atoms with Crippen molar-refractivity contribution in [1.82, 2.24) is 4.31 Å². The molecule has 9 heteroatoms. The summed E-state index contributed by atoms with van der Waals surface area (Å²) in [4.78, 5) is 10.0. The number of non-ortho nitro benzene ring substituents is 1. The van der Waals surface area contributed by atoms with Gasteiger partial charge in [0.25, 0.3) is 5.69 Å². The van der Waals surface area contributed by atoms with Gasteiger partial charge in [0.1, 0.15) is 5.75 Å². The van der Waals surface area contributed by atoms with Crippen LogP contribution in [0.15, 0.2) is 18.2 Å². The molecule has 1 fully saturated rings. The third-order valence-electron chi connectivity index (χ3n) is 3.08. The number of nitro benzene ring substituents is 1. The molecule has 1 aliphatic heterocycles. The molecular weight excluding hydrogens is 286 g/mol. The highest BCUT2D eigenvalue weighted by Crippen LogP contribution is 2.29. The van der Waals surface area contributed by atoms with E-state index in [1.165, 1.54) is 4.31 Å². The van der Waals surface area contributed by atoms with E-state index in [1.54, 1.807) is 0 Å². The second-order valence-electron chi connectivity index (χ2n) is 4.53. The molecule has 110 valence electrons. The molecule has 1 aliphatic rings. The highest BCUT2D eigenvalue weighted by Gasteiger charge is 2.25. The lowest BCUT2D eigenvalue weighted by Crippen LogP contribution is -2.39. The van der Waals surface area contributed by atoms with Gasteiger partial charge in [0.05, 0.1) is 10.6 Å². The van der Waals surface area contributed by atoms with Crippen LogP contribution >= 0.6 is 0 Å². The van der Waals surface area contributed by atoms with Crippen LogP contribution in [-0.2, 0) is 10.2 Å². The molecule has 8 nitrogen and oxygen atoms in total. The van der Waals surface area contributed by atoms with Gasteiger partial charge in [-0.2, -0.15) is 12.7 Å². The highest BCUT2D eigenvalue weighted by molar-refractivity contribution is 7.90. The molecule has 1 aromatic rings. The quantitative estimate of drug-likeness (QED) is 0.496. The molecule has 0 radical (unpaired) electrons. The van der Waals surface area contributed by atoms with Crippen LogP contribution in [0.3, 0.4) is 0 Å². The minimum atomic E-state index is -3.80. The molecule has 0 spiro atoms. The Morgan fingerprint density at radius 2 is 1.90 bits per heavy atom. The van der Waals surface area contributed by atoms with E-state index in [9.17, 15) is 23.6 Å². The van der Waals surface area contributed by atoms with Crippen LogP contribution in [0.5, 0.6) is 5.75 Å². The fraction of sp³-hybridized carbons (Fsp3) is 0.455. The third-order valence-corrected chi connectivity index (χ3v) is 4.61. The van der Waals surface area contributed by atoms with Crippen molar-refractivity contribution in [2.45, 2.75) is 19.3 Å². The molecule has 0 saturated carbocycles. The van der Waals surface area contributed by atoms with Gasteiger partial charge in [-0.3, -0.25) is 14.8 Å². The number of aromatic hydroxyl groups is 1. The second kappa shape index (κ2) is 5.63. The van der Waals surface area contributed by atoms with Crippen molar-refractivity contribution in [3.05, 3.63) is 28.3 Å². The smallest absolute Gasteiger partial charge is 0.301 e. The lowest BCUT2D eigenvalue weighted by atomic mass is 10.2. The minimum absolute atomic E-state index is 0.190. The van der Waals surface area contributed by atoms with Crippen molar-refractivity contribution in [2.24, 2.45) is 0 Å². The van der Waals surface area contributed by atoms with Gasteiger partial charge < -0.3 is 5.11 Å². The van der Waals surface area contributed by atoms with E-state index in [0.717, 1.165) is 37.5 Å². The van der Waals surface area contributed by atoms with Gasteiger partial charge in [-0.05, 0) is 18.9 Å². The first-order valence-electron chi connectivity index (χ1n) is 6.15. The van der Waals surface area contributed by atoms with Gasteiger partial charge >= 0.3 is 10.2 Å². The topological polar surface area (TPSA) is 113 Å². The summed E-state index contributed by atoms with van der Waals surface area (Å²) in [5.41, 5.74) is -0.482. The maximum absolute atomic E-state index is 12.1. The van der Waals surface area contributed by atoms with Crippen LogP contribution in [0.2, 0.25) is 0 Å². The number of nitrogens with one attached hydrogen (secondary N) is 1. The van der Waals surface area contributed by atoms with Crippen molar-refractivity contribution in [3.8, 4) is 5.75 Å². The summed E-state index contributed by atoms with van der Waals surface area (Å²) >= 11 is 0. The summed E-state index contributed by atoms with van der Waals surface area (Å²) in [7, 11) is -3.80. The molecule has 0 unspecified atom stereocenters. The van der Waals surface area contributed by atoms with E-state index in [0.29, 0.717) is 13.1 Å². The first-order valence-corrected chi connectivity index (χ1v) is 7.59. The third kappa shape index (κ3) is 3.17. The monoisotopic (exact) mass is 301 g/mol. The van der Waals surface area contributed by atoms with E-state index < -0.39 is 15.1 Å². The van der Waals surface area contributed by atoms with Crippen molar-refractivity contribution in [2.75, 3.05) is 17.8 Å². The van der Waals surface area contributed by atoms with Crippen LogP contribution < -0.4 is 4.72 Å². The Morgan fingerprint density at radius 3 is 2.50 bits per heavy atom. The minimum Gasteiger partial charge on any atom is -0.506 e. The van der Waals surface area contributed by atoms with E-state index in [2.05, 4.69) is 4.72 Å². The summed E-state index contributed by atoms with van der Waals surface area (Å²) in [5, 5.41) is 20.3. The largest absolute Gasteiger partial charge is 0.506 e. The Kier molecular flexibility index (Phi) is 4.09. The predicted molar refractivity (Wildman–Crippen MR) is 72.7 cm³/mol. The molecule has 20 heavy (non-hydrogen) atoms. The van der Waals surface area contributed by atoms with Gasteiger partial charge in [-0.1, -0.05) is 6.42 Å². The predicted octanol–water partition coefficient (Wildman–Crippen LogP) is 1.44. The summed E-state index contributed by atoms with van der Waals surface area (Å²) in [6.07, 6.45) is 2.54.